The lowest BCUT2D eigenvalue weighted by atomic mass is 11.0. The summed E-state index contributed by atoms with van der Waals surface area (Å²) in [5, 5.41) is 8.71. The van der Waals surface area contributed by atoms with E-state index in [1.54, 1.807) is 0 Å². The number of hydrogen-bond donors (Lipinski definition) is 0. The van der Waals surface area contributed by atoms with Crippen molar-refractivity contribution in [3.05, 3.63) is 22.5 Å². The summed E-state index contributed by atoms with van der Waals surface area (Å²) >= 11 is 5.31. The molecule has 0 atom stereocenters. The third kappa shape index (κ3) is 1.35. The molecule has 0 aliphatic rings. The third-order valence-corrected chi connectivity index (χ3v) is 0.979. The van der Waals surface area contributed by atoms with Crippen LogP contribution in [0.5, 0.6) is 6.01 Å². The van der Waals surface area contributed by atoms with Crippen LogP contribution in [0.4, 0.5) is 0 Å². The Morgan fingerprint density at radius 1 is 1.90 bits per heavy atom. The molecule has 6 nitrogen and oxygen atoms in total. The fraction of sp³-hybridized carbons (Fsp3) is 0. The first-order valence-corrected chi connectivity index (χ1v) is 2.56. The fourth-order valence-electron chi connectivity index (χ4n) is 0.404. The maximum Gasteiger partial charge on any atom is 0.304 e. The fourth-order valence-corrected chi connectivity index (χ4v) is 0.529. The normalized spacial score (nSPS) is 9.30. The Morgan fingerprint density at radius 2 is 2.60 bits per heavy atom. The smallest absolute Gasteiger partial charge is 0.235 e. The second-order valence-corrected chi connectivity index (χ2v) is 1.70. The van der Waals surface area contributed by atoms with Crippen molar-refractivity contribution >= 4 is 11.8 Å². The van der Waals surface area contributed by atoms with E-state index in [1.807, 2.05) is 0 Å². The highest BCUT2D eigenvalue weighted by Gasteiger charge is 2.04. The maximum atomic E-state index is 9.69. The average Bonchev–Trinajstić information content (AvgIpc) is 2.15. The highest BCUT2D eigenvalue weighted by molar-refractivity contribution is 6.15. The lowest BCUT2D eigenvalue weighted by molar-refractivity contribution is -0.713. The van der Waals surface area contributed by atoms with E-state index in [4.69, 9.17) is 11.8 Å². The summed E-state index contributed by atoms with van der Waals surface area (Å²) in [5.74, 6) is 0. The molecule has 1 aromatic heterocycles. The molecule has 0 unspecified atom stereocenters. The van der Waals surface area contributed by atoms with Gasteiger partial charge < -0.3 is 0 Å². The van der Waals surface area contributed by atoms with Gasteiger partial charge in [-0.05, 0) is 0 Å². The molecule has 0 saturated carbocycles. The first-order valence-electron chi connectivity index (χ1n) is 2.22. The third-order valence-electron chi connectivity index (χ3n) is 0.721. The zero-order valence-electron chi connectivity index (χ0n) is 4.60. The molecule has 0 saturated heterocycles. The molecule has 10 heavy (non-hydrogen) atoms. The zero-order valence-corrected chi connectivity index (χ0v) is 5.35. The van der Waals surface area contributed by atoms with Gasteiger partial charge in [-0.3, -0.25) is 0 Å². The number of hydrogen-bond acceptors (Lipinski definition) is 4. The van der Waals surface area contributed by atoms with Crippen molar-refractivity contribution < 1.29 is 9.92 Å². The van der Waals surface area contributed by atoms with Gasteiger partial charge in [0.25, 0.3) is 0 Å². The molecule has 0 amide bonds. The van der Waals surface area contributed by atoms with Gasteiger partial charge in [0.1, 0.15) is 0 Å². The molecule has 0 N–H and O–H groups in total. The highest BCUT2D eigenvalue weighted by atomic mass is 35.5. The summed E-state index contributed by atoms with van der Waals surface area (Å²) in [5.41, 5.74) is 0. The summed E-state index contributed by atoms with van der Waals surface area (Å²) in [6, 6.07) is -0.258. The van der Waals surface area contributed by atoms with Crippen LogP contribution in [-0.2, 0) is 0 Å². The predicted octanol–water partition coefficient (Wildman–Crippen LogP) is 0.455. The van der Waals surface area contributed by atoms with E-state index < -0.39 is 5.09 Å². The molecule has 54 valence electrons. The molecule has 0 aliphatic carbocycles. The minimum atomic E-state index is -0.985. The first-order chi connectivity index (χ1) is 4.70. The quantitative estimate of drug-likeness (QED) is 0.469. The summed E-state index contributed by atoms with van der Waals surface area (Å²) < 4.78 is 0.878. The molecule has 0 spiro atoms. The Hall–Kier alpha value is -1.30. The van der Waals surface area contributed by atoms with Crippen molar-refractivity contribution in [2.24, 2.45) is 0 Å². The lowest BCUT2D eigenvalue weighted by Gasteiger charge is -1.92. The van der Waals surface area contributed by atoms with Crippen molar-refractivity contribution in [3.8, 4) is 6.01 Å². The Bertz CT molecular complexity index is 247. The number of nitrogens with zero attached hydrogens (tertiary/aromatic N) is 3. The minimum absolute atomic E-state index is 0.258. The van der Waals surface area contributed by atoms with E-state index in [2.05, 4.69) is 9.82 Å². The van der Waals surface area contributed by atoms with Crippen molar-refractivity contribution in [2.75, 3.05) is 0 Å². The van der Waals surface area contributed by atoms with Crippen LogP contribution in [0, 0.1) is 10.1 Å². The predicted molar refractivity (Wildman–Crippen MR) is 31.1 cm³/mol. The topological polar surface area (TPSA) is 70.2 Å². The van der Waals surface area contributed by atoms with Gasteiger partial charge >= 0.3 is 11.1 Å². The van der Waals surface area contributed by atoms with E-state index in [1.165, 1.54) is 12.4 Å². The highest BCUT2D eigenvalue weighted by Crippen LogP contribution is 2.07. The monoisotopic (exact) mass is 163 g/mol. The number of aromatic nitrogens is 2. The summed E-state index contributed by atoms with van der Waals surface area (Å²) in [6.07, 6.45) is 2.60. The van der Waals surface area contributed by atoms with E-state index in [0.29, 0.717) is 0 Å². The Morgan fingerprint density at radius 3 is 3.00 bits per heavy atom. The van der Waals surface area contributed by atoms with Crippen LogP contribution in [0.3, 0.4) is 0 Å². The maximum absolute atomic E-state index is 9.69. The minimum Gasteiger partial charge on any atom is -0.235 e. The molecule has 1 heterocycles. The van der Waals surface area contributed by atoms with Gasteiger partial charge in [-0.25, -0.2) is 13.9 Å². The molecule has 0 bridgehead atoms. The number of halogens is 1. The van der Waals surface area contributed by atoms with Crippen molar-refractivity contribution in [1.82, 2.24) is 9.07 Å². The van der Waals surface area contributed by atoms with Gasteiger partial charge in [-0.15, -0.1) is 10.1 Å². The van der Waals surface area contributed by atoms with E-state index in [0.717, 1.165) is 4.09 Å². The van der Waals surface area contributed by atoms with E-state index in [-0.39, 0.29) is 6.01 Å². The van der Waals surface area contributed by atoms with Gasteiger partial charge in [-0.1, -0.05) is 0 Å². The zero-order chi connectivity index (χ0) is 7.56. The Kier molecular flexibility index (Phi) is 1.72. The van der Waals surface area contributed by atoms with Gasteiger partial charge in [0, 0.05) is 24.2 Å². The molecular formula is C3H2ClN3O3. The summed E-state index contributed by atoms with van der Waals surface area (Å²) in [4.78, 5) is 17.0. The van der Waals surface area contributed by atoms with Crippen molar-refractivity contribution in [2.45, 2.75) is 0 Å². The number of rotatable bonds is 2. The SMILES string of the molecule is O=[N+]([O-])Oc1nccn1Cl. The van der Waals surface area contributed by atoms with E-state index >= 15 is 0 Å². The van der Waals surface area contributed by atoms with Crippen LogP contribution >= 0.6 is 11.8 Å². The van der Waals surface area contributed by atoms with Gasteiger partial charge in [-0.2, -0.15) is 0 Å². The van der Waals surface area contributed by atoms with Gasteiger partial charge in [0.15, 0.2) is 0 Å². The second-order valence-electron chi connectivity index (χ2n) is 1.34. The van der Waals surface area contributed by atoms with E-state index in [9.17, 15) is 10.1 Å². The molecule has 1 rings (SSSR count). The molecule has 0 radical (unpaired) electrons. The molecular weight excluding hydrogens is 162 g/mol. The second kappa shape index (κ2) is 2.53. The van der Waals surface area contributed by atoms with Crippen LogP contribution in [0.2, 0.25) is 0 Å². The molecule has 0 fully saturated rings. The van der Waals surface area contributed by atoms with Crippen LogP contribution in [-0.4, -0.2) is 14.2 Å². The Labute approximate surface area is 60.2 Å². The lowest BCUT2D eigenvalue weighted by Crippen LogP contribution is -2.06. The van der Waals surface area contributed by atoms with Crippen molar-refractivity contribution in [3.63, 3.8) is 0 Å². The van der Waals surface area contributed by atoms with Gasteiger partial charge in [0.05, 0.1) is 0 Å². The molecule has 0 aromatic carbocycles. The summed E-state index contributed by atoms with van der Waals surface area (Å²) in [7, 11) is 0. The molecule has 0 aliphatic heterocycles. The van der Waals surface area contributed by atoms with Crippen LogP contribution in [0.15, 0.2) is 12.4 Å². The van der Waals surface area contributed by atoms with Crippen LogP contribution in [0.1, 0.15) is 0 Å². The van der Waals surface area contributed by atoms with Crippen molar-refractivity contribution in [1.29, 1.82) is 0 Å². The Balaban J connectivity index is 2.74. The number of imidazole rings is 1. The standard InChI is InChI=1S/C3H2ClN3O3/c4-6-2-1-5-3(6)10-7(8)9/h1-2H. The van der Waals surface area contributed by atoms with Crippen LogP contribution < -0.4 is 4.84 Å². The van der Waals surface area contributed by atoms with Crippen LogP contribution in [0.25, 0.3) is 0 Å². The largest absolute Gasteiger partial charge is 0.304 e. The first kappa shape index (κ1) is 6.81. The molecule has 1 aromatic rings. The summed E-state index contributed by atoms with van der Waals surface area (Å²) in [6.45, 7) is 0. The molecule has 7 heteroatoms. The van der Waals surface area contributed by atoms with Gasteiger partial charge in [0.2, 0.25) is 0 Å². The average molecular weight is 164 g/mol.